The molecule has 0 bridgehead atoms. The average Bonchev–Trinajstić information content (AvgIpc) is 3.57. The predicted molar refractivity (Wildman–Crippen MR) is 157 cm³/mol. The molecule has 0 radical (unpaired) electrons. The first kappa shape index (κ1) is 25.7. The molecule has 2 aliphatic heterocycles. The van der Waals surface area contributed by atoms with E-state index in [9.17, 15) is 14.7 Å². The van der Waals surface area contributed by atoms with Gasteiger partial charge in [0.25, 0.3) is 5.56 Å². The van der Waals surface area contributed by atoms with Crippen LogP contribution in [-0.4, -0.2) is 62.9 Å². The fourth-order valence-corrected chi connectivity index (χ4v) is 7.16. The average molecular weight is 572 g/mol. The number of hydrogen-bond acceptors (Lipinski definition) is 9. The van der Waals surface area contributed by atoms with Crippen LogP contribution in [0.4, 0.5) is 0 Å². The monoisotopic (exact) mass is 571 g/mol. The van der Waals surface area contributed by atoms with Crippen molar-refractivity contribution in [2.45, 2.75) is 25.3 Å². The number of nitrogens with one attached hydrogen (secondary N) is 1. The summed E-state index contributed by atoms with van der Waals surface area (Å²) in [6.45, 7) is 3.84. The van der Waals surface area contributed by atoms with E-state index in [1.807, 2.05) is 24.3 Å². The van der Waals surface area contributed by atoms with E-state index in [4.69, 9.17) is 9.47 Å². The maximum absolute atomic E-state index is 13.3. The highest BCUT2D eigenvalue weighted by atomic mass is 32.1. The summed E-state index contributed by atoms with van der Waals surface area (Å²) in [6.07, 6.45) is 3.18. The Balaban J connectivity index is 1.05. The Kier molecular flexibility index (Phi) is 6.47. The molecule has 41 heavy (non-hydrogen) atoms. The lowest BCUT2D eigenvalue weighted by atomic mass is 9.86. The summed E-state index contributed by atoms with van der Waals surface area (Å²) >= 11 is 1.23. The number of phenolic OH excluding ortho intramolecular Hbond substituents is 1. The van der Waals surface area contributed by atoms with Crippen LogP contribution in [0.3, 0.4) is 0 Å². The molecule has 2 aromatic carbocycles. The lowest BCUT2D eigenvalue weighted by molar-refractivity contribution is 0.209. The molecule has 0 spiro atoms. The van der Waals surface area contributed by atoms with Crippen molar-refractivity contribution in [1.82, 2.24) is 24.4 Å². The van der Waals surface area contributed by atoms with Gasteiger partial charge in [0.1, 0.15) is 32.3 Å². The molecule has 2 aliphatic rings. The Labute approximate surface area is 238 Å². The van der Waals surface area contributed by atoms with Gasteiger partial charge in [0.05, 0.1) is 31.1 Å². The second-order valence-electron chi connectivity index (χ2n) is 10.7. The van der Waals surface area contributed by atoms with Gasteiger partial charge in [-0.15, -0.1) is 11.3 Å². The molecular formula is C30H29N5O5S. The number of fused-ring (bicyclic) bond motifs is 6. The summed E-state index contributed by atoms with van der Waals surface area (Å²) in [6, 6.07) is 12.7. The Morgan fingerprint density at radius 1 is 1.15 bits per heavy atom. The van der Waals surface area contributed by atoms with Gasteiger partial charge in [-0.25, -0.2) is 14.8 Å². The zero-order chi connectivity index (χ0) is 28.1. The third kappa shape index (κ3) is 4.54. The molecule has 11 heteroatoms. The molecule has 2 atom stereocenters. The number of aromatic hydroxyl groups is 1. The van der Waals surface area contributed by atoms with Crippen molar-refractivity contribution in [2.24, 2.45) is 5.92 Å². The molecule has 1 saturated heterocycles. The number of H-pyrrole nitrogens is 1. The normalized spacial score (nSPS) is 18.4. The molecule has 7 rings (SSSR count). The van der Waals surface area contributed by atoms with E-state index in [2.05, 4.69) is 19.9 Å². The summed E-state index contributed by atoms with van der Waals surface area (Å²) in [4.78, 5) is 41.4. The van der Waals surface area contributed by atoms with E-state index in [0.717, 1.165) is 37.6 Å². The maximum Gasteiger partial charge on any atom is 0.328 e. The summed E-state index contributed by atoms with van der Waals surface area (Å²) < 4.78 is 13.4. The van der Waals surface area contributed by atoms with E-state index >= 15 is 0 Å². The molecule has 5 heterocycles. The molecule has 0 aliphatic carbocycles. The molecular weight excluding hydrogens is 542 g/mol. The number of hydrogen-bond donors (Lipinski definition) is 2. The van der Waals surface area contributed by atoms with Crippen molar-refractivity contribution < 1.29 is 14.6 Å². The third-order valence-electron chi connectivity index (χ3n) is 8.15. The molecule has 0 saturated carbocycles. The lowest BCUT2D eigenvalue weighted by Crippen LogP contribution is -2.34. The summed E-state index contributed by atoms with van der Waals surface area (Å²) in [7, 11) is 1.70. The Bertz CT molecular complexity index is 1880. The Morgan fingerprint density at radius 3 is 2.85 bits per heavy atom. The summed E-state index contributed by atoms with van der Waals surface area (Å²) in [5, 5.41) is 9.83. The molecule has 10 nitrogen and oxygen atoms in total. The van der Waals surface area contributed by atoms with Gasteiger partial charge in [-0.3, -0.25) is 9.36 Å². The first-order valence-electron chi connectivity index (χ1n) is 13.7. The van der Waals surface area contributed by atoms with Crippen LogP contribution >= 0.6 is 11.3 Å². The molecule has 5 aromatic rings. The molecule has 3 aromatic heterocycles. The van der Waals surface area contributed by atoms with Gasteiger partial charge < -0.3 is 24.5 Å². The second kappa shape index (κ2) is 10.3. The highest BCUT2D eigenvalue weighted by Gasteiger charge is 2.40. The topological polar surface area (TPSA) is 123 Å². The van der Waals surface area contributed by atoms with E-state index in [1.54, 1.807) is 31.5 Å². The number of likely N-dealkylation sites (tertiary alicyclic amines) is 1. The maximum atomic E-state index is 13.3. The van der Waals surface area contributed by atoms with Crippen molar-refractivity contribution in [2.75, 3.05) is 33.4 Å². The van der Waals surface area contributed by atoms with Gasteiger partial charge in [0, 0.05) is 42.6 Å². The highest BCUT2D eigenvalue weighted by Crippen LogP contribution is 2.46. The molecule has 0 unspecified atom stereocenters. The first-order chi connectivity index (χ1) is 20.0. The van der Waals surface area contributed by atoms with Crippen molar-refractivity contribution in [1.29, 1.82) is 0 Å². The SMILES string of the molecule is COc1cccc2c1[C@@H]1CN(CCCCn3c(=O)[nH]c4c(sc5ncc(-c6cccc(O)c6)nc54)c3=O)C[C@@H]1CO2. The molecule has 210 valence electrons. The molecule has 2 N–H and O–H groups in total. The first-order valence-corrected chi connectivity index (χ1v) is 14.6. The van der Waals surface area contributed by atoms with Gasteiger partial charge in [-0.05, 0) is 43.7 Å². The van der Waals surface area contributed by atoms with Crippen LogP contribution in [0.15, 0.2) is 58.3 Å². The molecule has 1 fully saturated rings. The van der Waals surface area contributed by atoms with Crippen LogP contribution in [0.2, 0.25) is 0 Å². The van der Waals surface area contributed by atoms with E-state index < -0.39 is 5.69 Å². The minimum atomic E-state index is -0.445. The van der Waals surface area contributed by atoms with E-state index in [1.165, 1.54) is 21.5 Å². The second-order valence-corrected chi connectivity index (χ2v) is 11.7. The number of benzene rings is 2. The van der Waals surface area contributed by atoms with Crippen molar-refractivity contribution in [3.8, 4) is 28.5 Å². The van der Waals surface area contributed by atoms with Crippen LogP contribution in [0.5, 0.6) is 17.2 Å². The van der Waals surface area contributed by atoms with Gasteiger partial charge in [0.15, 0.2) is 0 Å². The van der Waals surface area contributed by atoms with Crippen molar-refractivity contribution >= 4 is 31.9 Å². The number of aromatic nitrogens is 4. The number of phenols is 1. The number of unbranched alkanes of at least 4 members (excludes halogenated alkanes) is 1. The number of ether oxygens (including phenoxy) is 2. The van der Waals surface area contributed by atoms with Crippen molar-refractivity contribution in [3.05, 3.63) is 75.1 Å². The Hall–Kier alpha value is -4.22. The van der Waals surface area contributed by atoms with Gasteiger partial charge in [-0.2, -0.15) is 0 Å². The fourth-order valence-electron chi connectivity index (χ4n) is 6.17. The number of methoxy groups -OCH3 is 1. The highest BCUT2D eigenvalue weighted by molar-refractivity contribution is 7.25. The van der Waals surface area contributed by atoms with Crippen LogP contribution in [0.1, 0.15) is 24.3 Å². The zero-order valence-corrected chi connectivity index (χ0v) is 23.3. The number of aromatic amines is 1. The van der Waals surface area contributed by atoms with E-state index in [-0.39, 0.29) is 11.3 Å². The minimum absolute atomic E-state index is 0.124. The number of thiophene rings is 1. The van der Waals surface area contributed by atoms with Crippen LogP contribution < -0.4 is 20.7 Å². The van der Waals surface area contributed by atoms with Gasteiger partial charge in [-0.1, -0.05) is 18.2 Å². The van der Waals surface area contributed by atoms with Gasteiger partial charge in [0.2, 0.25) is 0 Å². The smallest absolute Gasteiger partial charge is 0.328 e. The van der Waals surface area contributed by atoms with Crippen LogP contribution in [0.25, 0.3) is 31.8 Å². The van der Waals surface area contributed by atoms with Crippen LogP contribution in [0, 0.1) is 5.92 Å². The minimum Gasteiger partial charge on any atom is -0.508 e. The summed E-state index contributed by atoms with van der Waals surface area (Å²) in [5.41, 5.74) is 2.53. The molecule has 0 amide bonds. The fraction of sp³-hybridized carbons (Fsp3) is 0.333. The summed E-state index contributed by atoms with van der Waals surface area (Å²) in [5.74, 6) is 2.73. The van der Waals surface area contributed by atoms with Crippen LogP contribution in [-0.2, 0) is 6.54 Å². The van der Waals surface area contributed by atoms with Crippen molar-refractivity contribution in [3.63, 3.8) is 0 Å². The largest absolute Gasteiger partial charge is 0.508 e. The number of nitrogens with zero attached hydrogens (tertiary/aromatic N) is 4. The number of rotatable bonds is 7. The zero-order valence-electron chi connectivity index (χ0n) is 22.5. The quantitative estimate of drug-likeness (QED) is 0.282. The van der Waals surface area contributed by atoms with E-state index in [0.29, 0.717) is 63.2 Å². The van der Waals surface area contributed by atoms with Gasteiger partial charge >= 0.3 is 5.69 Å². The Morgan fingerprint density at radius 2 is 2.00 bits per heavy atom. The predicted octanol–water partition coefficient (Wildman–Crippen LogP) is 3.96. The standard InChI is InChI=1S/C30H29N5O5S/c1-39-22-8-5-9-23-24(22)20-15-34(14-18(20)16-40-23)10-2-3-11-35-29(37)27-25(33-30(35)38)26-28(41-27)31-13-21(32-26)17-6-4-7-19(36)12-17/h4-9,12-13,18,20,36H,2-3,10-11,14-16H2,1H3,(H,33,38)/t18-,20-/m1/s1. The third-order valence-corrected chi connectivity index (χ3v) is 9.23. The lowest BCUT2D eigenvalue weighted by Gasteiger charge is -2.29.